The summed E-state index contributed by atoms with van der Waals surface area (Å²) < 4.78 is 10.4. The number of carbonyl (C=O) groups is 3. The van der Waals surface area contributed by atoms with Crippen LogP contribution in [0.4, 0.5) is 16.2 Å². The smallest absolute Gasteiger partial charge is 0.412 e. The fourth-order valence-corrected chi connectivity index (χ4v) is 3.41. The number of fused-ring (bicyclic) bond motifs is 1. The highest BCUT2D eigenvalue weighted by atomic mass is 16.6. The van der Waals surface area contributed by atoms with E-state index < -0.39 is 23.6 Å². The standard InChI is InChI=1S/C28H30N2O5/c1-6-34-26(32)23-17-22(29-27(33)35-28(3,4)5)13-14-24(23)30-25(31)15-18(2)20-12-11-19-9-7-8-10-21(19)16-20/h7-17H,6H2,1-5H3,(H,29,33)(H,30,31). The first kappa shape index (κ1) is 25.5. The normalized spacial score (nSPS) is 11.6. The van der Waals surface area contributed by atoms with E-state index in [1.807, 2.05) is 49.4 Å². The number of allylic oxidation sites excluding steroid dienone is 1. The number of carbonyl (C=O) groups excluding carboxylic acids is 3. The van der Waals surface area contributed by atoms with Crippen LogP contribution in [0, 0.1) is 0 Å². The number of hydrogen-bond acceptors (Lipinski definition) is 5. The van der Waals surface area contributed by atoms with Crippen LogP contribution < -0.4 is 10.6 Å². The van der Waals surface area contributed by atoms with Gasteiger partial charge in [0.15, 0.2) is 0 Å². The molecule has 0 saturated carbocycles. The molecule has 0 aliphatic carbocycles. The molecule has 0 saturated heterocycles. The second-order valence-electron chi connectivity index (χ2n) is 8.99. The van der Waals surface area contributed by atoms with Crippen molar-refractivity contribution in [3.8, 4) is 0 Å². The van der Waals surface area contributed by atoms with Crippen LogP contribution >= 0.6 is 0 Å². The molecular weight excluding hydrogens is 444 g/mol. The molecule has 2 N–H and O–H groups in total. The Balaban J connectivity index is 1.82. The third-order valence-electron chi connectivity index (χ3n) is 4.97. The summed E-state index contributed by atoms with van der Waals surface area (Å²) in [7, 11) is 0. The van der Waals surface area contributed by atoms with Gasteiger partial charge in [-0.2, -0.15) is 0 Å². The van der Waals surface area contributed by atoms with E-state index in [4.69, 9.17) is 9.47 Å². The van der Waals surface area contributed by atoms with E-state index in [0.717, 1.165) is 21.9 Å². The van der Waals surface area contributed by atoms with Gasteiger partial charge in [0.25, 0.3) is 0 Å². The van der Waals surface area contributed by atoms with E-state index in [0.29, 0.717) is 5.69 Å². The molecule has 3 aromatic rings. The van der Waals surface area contributed by atoms with Gasteiger partial charge in [-0.3, -0.25) is 10.1 Å². The lowest BCUT2D eigenvalue weighted by Gasteiger charge is -2.20. The fourth-order valence-electron chi connectivity index (χ4n) is 3.41. The molecule has 3 aromatic carbocycles. The third kappa shape index (κ3) is 7.17. The van der Waals surface area contributed by atoms with E-state index in [2.05, 4.69) is 10.6 Å². The quantitative estimate of drug-likeness (QED) is 0.318. The Kier molecular flexibility index (Phi) is 7.91. The molecule has 35 heavy (non-hydrogen) atoms. The van der Waals surface area contributed by atoms with Crippen molar-refractivity contribution in [3.63, 3.8) is 0 Å². The van der Waals surface area contributed by atoms with Crippen molar-refractivity contribution in [1.82, 2.24) is 0 Å². The molecule has 0 aliphatic rings. The number of rotatable bonds is 6. The average Bonchev–Trinajstić information content (AvgIpc) is 2.78. The van der Waals surface area contributed by atoms with Gasteiger partial charge in [-0.1, -0.05) is 36.4 Å². The van der Waals surface area contributed by atoms with Crippen molar-refractivity contribution < 1.29 is 23.9 Å². The molecule has 0 radical (unpaired) electrons. The minimum Gasteiger partial charge on any atom is -0.462 e. The zero-order valence-electron chi connectivity index (χ0n) is 20.6. The second kappa shape index (κ2) is 10.9. The van der Waals surface area contributed by atoms with Crippen molar-refractivity contribution in [1.29, 1.82) is 0 Å². The zero-order valence-corrected chi connectivity index (χ0v) is 20.6. The molecule has 0 atom stereocenters. The van der Waals surface area contributed by atoms with Gasteiger partial charge in [0.1, 0.15) is 5.60 Å². The van der Waals surface area contributed by atoms with E-state index >= 15 is 0 Å². The summed E-state index contributed by atoms with van der Waals surface area (Å²) in [5.41, 5.74) is 1.74. The molecular formula is C28H30N2O5. The summed E-state index contributed by atoms with van der Waals surface area (Å²) in [5.74, 6) is -1.01. The number of nitrogens with one attached hydrogen (secondary N) is 2. The maximum absolute atomic E-state index is 12.8. The lowest BCUT2D eigenvalue weighted by Crippen LogP contribution is -2.27. The molecule has 182 valence electrons. The Morgan fingerprint density at radius 2 is 1.63 bits per heavy atom. The van der Waals surface area contributed by atoms with Gasteiger partial charge in [-0.15, -0.1) is 0 Å². The molecule has 0 aliphatic heterocycles. The number of anilines is 2. The lowest BCUT2D eigenvalue weighted by atomic mass is 10.0. The maximum atomic E-state index is 12.8. The van der Waals surface area contributed by atoms with Gasteiger partial charge in [-0.25, -0.2) is 9.59 Å². The molecule has 0 aromatic heterocycles. The topological polar surface area (TPSA) is 93.7 Å². The molecule has 0 bridgehead atoms. The zero-order chi connectivity index (χ0) is 25.6. The first-order valence-corrected chi connectivity index (χ1v) is 11.4. The summed E-state index contributed by atoms with van der Waals surface area (Å²) in [6, 6.07) is 18.5. The van der Waals surface area contributed by atoms with Crippen LogP contribution in [0.15, 0.2) is 66.7 Å². The van der Waals surface area contributed by atoms with Crippen LogP contribution in [0.5, 0.6) is 0 Å². The van der Waals surface area contributed by atoms with Crippen molar-refractivity contribution in [2.75, 3.05) is 17.2 Å². The van der Waals surface area contributed by atoms with Crippen LogP contribution in [-0.2, 0) is 14.3 Å². The molecule has 7 heteroatoms. The summed E-state index contributed by atoms with van der Waals surface area (Å²) in [5, 5.41) is 7.54. The highest BCUT2D eigenvalue weighted by molar-refractivity contribution is 6.08. The van der Waals surface area contributed by atoms with Gasteiger partial charge in [0.05, 0.1) is 17.9 Å². The van der Waals surface area contributed by atoms with E-state index in [1.165, 1.54) is 18.2 Å². The summed E-state index contributed by atoms with van der Waals surface area (Å²) in [6.45, 7) is 8.96. The van der Waals surface area contributed by atoms with Crippen molar-refractivity contribution in [2.24, 2.45) is 0 Å². The van der Waals surface area contributed by atoms with Gasteiger partial charge in [-0.05, 0) is 80.8 Å². The highest BCUT2D eigenvalue weighted by Gasteiger charge is 2.19. The predicted molar refractivity (Wildman–Crippen MR) is 138 cm³/mol. The average molecular weight is 475 g/mol. The second-order valence-corrected chi connectivity index (χ2v) is 8.99. The maximum Gasteiger partial charge on any atom is 0.412 e. The Hall–Kier alpha value is -4.13. The monoisotopic (exact) mass is 474 g/mol. The third-order valence-corrected chi connectivity index (χ3v) is 4.97. The Morgan fingerprint density at radius 1 is 0.914 bits per heavy atom. The minimum atomic E-state index is -0.669. The largest absolute Gasteiger partial charge is 0.462 e. The van der Waals surface area contributed by atoms with Crippen LogP contribution in [0.2, 0.25) is 0 Å². The van der Waals surface area contributed by atoms with Gasteiger partial charge < -0.3 is 14.8 Å². The first-order valence-electron chi connectivity index (χ1n) is 11.4. The fraction of sp³-hybridized carbons (Fsp3) is 0.250. The highest BCUT2D eigenvalue weighted by Crippen LogP contribution is 2.24. The van der Waals surface area contributed by atoms with Gasteiger partial charge >= 0.3 is 12.1 Å². The summed E-state index contributed by atoms with van der Waals surface area (Å²) in [4.78, 5) is 37.4. The Bertz CT molecular complexity index is 1290. The number of benzene rings is 3. The van der Waals surface area contributed by atoms with Crippen LogP contribution in [0.1, 0.15) is 50.5 Å². The predicted octanol–water partition coefficient (Wildman–Crippen LogP) is 6.41. The van der Waals surface area contributed by atoms with E-state index in [1.54, 1.807) is 33.8 Å². The molecule has 0 unspecified atom stereocenters. The van der Waals surface area contributed by atoms with E-state index in [-0.39, 0.29) is 17.9 Å². The molecule has 0 spiro atoms. The minimum absolute atomic E-state index is 0.116. The molecule has 7 nitrogen and oxygen atoms in total. The van der Waals surface area contributed by atoms with Crippen LogP contribution in [0.3, 0.4) is 0 Å². The lowest BCUT2D eigenvalue weighted by molar-refractivity contribution is -0.111. The van der Waals surface area contributed by atoms with Crippen LogP contribution in [-0.4, -0.2) is 30.2 Å². The van der Waals surface area contributed by atoms with Gasteiger partial charge in [0.2, 0.25) is 5.91 Å². The van der Waals surface area contributed by atoms with Crippen molar-refractivity contribution in [3.05, 3.63) is 77.9 Å². The molecule has 3 rings (SSSR count). The molecule has 0 heterocycles. The number of hydrogen-bond donors (Lipinski definition) is 2. The van der Waals surface area contributed by atoms with E-state index in [9.17, 15) is 14.4 Å². The van der Waals surface area contributed by atoms with Crippen LogP contribution in [0.25, 0.3) is 16.3 Å². The number of amides is 2. The Labute approximate surface area is 205 Å². The summed E-state index contributed by atoms with van der Waals surface area (Å²) >= 11 is 0. The summed E-state index contributed by atoms with van der Waals surface area (Å²) in [6.07, 6.45) is 0.823. The number of ether oxygens (including phenoxy) is 2. The van der Waals surface area contributed by atoms with Crippen molar-refractivity contribution in [2.45, 2.75) is 40.2 Å². The van der Waals surface area contributed by atoms with Crippen molar-refractivity contribution >= 4 is 45.7 Å². The Morgan fingerprint density at radius 3 is 2.31 bits per heavy atom. The first-order chi connectivity index (χ1) is 16.6. The molecule has 0 fully saturated rings. The SMILES string of the molecule is CCOC(=O)c1cc(NC(=O)OC(C)(C)C)ccc1NC(=O)C=C(C)c1ccc2ccccc2c1. The number of esters is 1. The van der Waals surface area contributed by atoms with Gasteiger partial charge in [0, 0.05) is 11.8 Å². The molecule has 2 amide bonds.